The van der Waals surface area contributed by atoms with Gasteiger partial charge in [-0.05, 0) is 41.7 Å². The Morgan fingerprint density at radius 3 is 2.47 bits per heavy atom. The number of benzene rings is 2. The Balaban J connectivity index is 1.58. The summed E-state index contributed by atoms with van der Waals surface area (Å²) in [6, 6.07) is 14.1. The van der Waals surface area contributed by atoms with Crippen LogP contribution in [0.2, 0.25) is 5.02 Å². The first-order valence-corrected chi connectivity index (χ1v) is 10.2. The summed E-state index contributed by atoms with van der Waals surface area (Å²) in [5.74, 6) is 1.81. The first kappa shape index (κ1) is 20.0. The molecule has 0 radical (unpaired) electrons. The second kappa shape index (κ2) is 8.63. The lowest BCUT2D eigenvalue weighted by atomic mass is 10.0. The quantitative estimate of drug-likeness (QED) is 0.448. The molecule has 0 bridgehead atoms. The number of fused-ring (bicyclic) bond motifs is 1. The molecule has 3 N–H and O–H groups in total. The van der Waals surface area contributed by atoms with Crippen LogP contribution in [-0.4, -0.2) is 19.9 Å². The second-order valence-corrected chi connectivity index (χ2v) is 8.07. The monoisotopic (exact) mass is 418 g/mol. The smallest absolute Gasteiger partial charge is 0.232 e. The van der Waals surface area contributed by atoms with E-state index >= 15 is 0 Å². The fraction of sp³-hybridized carbons (Fsp3) is 0.217. The molecule has 152 valence electrons. The summed E-state index contributed by atoms with van der Waals surface area (Å²) in [7, 11) is 0. The molecule has 30 heavy (non-hydrogen) atoms. The average Bonchev–Trinajstić information content (AvgIpc) is 2.71. The molecule has 0 aliphatic rings. The van der Waals surface area contributed by atoms with Crippen molar-refractivity contribution in [3.63, 3.8) is 0 Å². The molecule has 0 fully saturated rings. The number of nitrogens with one attached hydrogen (secondary N) is 1. The van der Waals surface area contributed by atoms with Gasteiger partial charge in [-0.1, -0.05) is 49.7 Å². The van der Waals surface area contributed by atoms with E-state index < -0.39 is 0 Å². The van der Waals surface area contributed by atoms with E-state index in [1.54, 1.807) is 12.4 Å². The molecule has 0 saturated carbocycles. The van der Waals surface area contributed by atoms with Crippen LogP contribution in [0.15, 0.2) is 54.9 Å². The molecule has 0 aliphatic carbocycles. The molecule has 0 atom stereocenters. The van der Waals surface area contributed by atoms with Crippen molar-refractivity contribution in [2.24, 2.45) is 5.92 Å². The zero-order chi connectivity index (χ0) is 21.1. The average molecular weight is 419 g/mol. The highest BCUT2D eigenvalue weighted by atomic mass is 35.5. The number of aromatic nitrogens is 4. The first-order chi connectivity index (χ1) is 14.5. The van der Waals surface area contributed by atoms with Crippen LogP contribution >= 0.6 is 11.6 Å². The summed E-state index contributed by atoms with van der Waals surface area (Å²) >= 11 is 6.29. The minimum atomic E-state index is 0.176. The number of halogens is 1. The maximum atomic E-state index is 6.29. The van der Waals surface area contributed by atoms with Crippen molar-refractivity contribution in [1.82, 2.24) is 19.9 Å². The molecule has 2 heterocycles. The minimum absolute atomic E-state index is 0.176. The summed E-state index contributed by atoms with van der Waals surface area (Å²) < 4.78 is 0. The van der Waals surface area contributed by atoms with Crippen molar-refractivity contribution in [2.45, 2.75) is 26.7 Å². The van der Waals surface area contributed by atoms with Crippen LogP contribution in [0.25, 0.3) is 10.8 Å². The highest BCUT2D eigenvalue weighted by Gasteiger charge is 2.10. The van der Waals surface area contributed by atoms with Gasteiger partial charge in [-0.3, -0.25) is 4.98 Å². The normalized spacial score (nSPS) is 11.2. The third-order valence-corrected chi connectivity index (χ3v) is 5.07. The number of rotatable bonds is 6. The maximum Gasteiger partial charge on any atom is 0.232 e. The fourth-order valence-electron chi connectivity index (χ4n) is 3.40. The van der Waals surface area contributed by atoms with Crippen molar-refractivity contribution < 1.29 is 0 Å². The van der Waals surface area contributed by atoms with Gasteiger partial charge < -0.3 is 11.1 Å². The number of nitrogens with two attached hydrogens (primary N) is 1. The summed E-state index contributed by atoms with van der Waals surface area (Å²) in [5, 5.41) is 5.68. The molecule has 4 rings (SSSR count). The highest BCUT2D eigenvalue weighted by molar-refractivity contribution is 6.36. The van der Waals surface area contributed by atoms with Crippen molar-refractivity contribution in [3.8, 4) is 0 Å². The number of pyridine rings is 1. The van der Waals surface area contributed by atoms with Gasteiger partial charge in [0, 0.05) is 34.6 Å². The molecule has 2 aromatic carbocycles. The topological polar surface area (TPSA) is 89.6 Å². The number of nitrogens with zero attached hydrogens (tertiary/aromatic N) is 4. The van der Waals surface area contributed by atoms with Crippen molar-refractivity contribution in [2.75, 3.05) is 11.1 Å². The number of nitrogen functional groups attached to an aromatic ring is 1. The SMILES string of the molecule is CC(C)Cc1ccc(Cc2nc(N)nc(Nc3ccc(Cl)c4ccncc34)n2)cc1. The lowest BCUT2D eigenvalue weighted by Crippen LogP contribution is -2.08. The lowest BCUT2D eigenvalue weighted by Gasteiger charge is -2.11. The molecule has 0 saturated heterocycles. The van der Waals surface area contributed by atoms with Crippen LogP contribution in [0.5, 0.6) is 0 Å². The molecule has 6 nitrogen and oxygen atoms in total. The van der Waals surface area contributed by atoms with Crippen LogP contribution in [0.3, 0.4) is 0 Å². The van der Waals surface area contributed by atoms with Gasteiger partial charge in [-0.15, -0.1) is 0 Å². The minimum Gasteiger partial charge on any atom is -0.368 e. The van der Waals surface area contributed by atoms with Crippen LogP contribution in [-0.2, 0) is 12.8 Å². The van der Waals surface area contributed by atoms with Gasteiger partial charge in [-0.2, -0.15) is 15.0 Å². The molecular formula is C23H23ClN6. The second-order valence-electron chi connectivity index (χ2n) is 7.67. The van der Waals surface area contributed by atoms with Crippen LogP contribution in [0.1, 0.15) is 30.8 Å². The summed E-state index contributed by atoms with van der Waals surface area (Å²) in [6.45, 7) is 4.44. The van der Waals surface area contributed by atoms with Crippen LogP contribution in [0.4, 0.5) is 17.6 Å². The number of hydrogen-bond donors (Lipinski definition) is 2. The molecule has 0 unspecified atom stereocenters. The Kier molecular flexibility index (Phi) is 5.77. The number of anilines is 3. The van der Waals surface area contributed by atoms with Crippen LogP contribution < -0.4 is 11.1 Å². The van der Waals surface area contributed by atoms with E-state index in [1.807, 2.05) is 18.2 Å². The fourth-order valence-corrected chi connectivity index (χ4v) is 3.63. The van der Waals surface area contributed by atoms with Gasteiger partial charge in [0.2, 0.25) is 11.9 Å². The Hall–Kier alpha value is -3.25. The predicted octanol–water partition coefficient (Wildman–Crippen LogP) is 5.19. The van der Waals surface area contributed by atoms with E-state index in [0.29, 0.717) is 29.1 Å². The summed E-state index contributed by atoms with van der Waals surface area (Å²) in [5.41, 5.74) is 9.20. The summed E-state index contributed by atoms with van der Waals surface area (Å²) in [6.07, 6.45) is 5.11. The number of hydrogen-bond acceptors (Lipinski definition) is 6. The predicted molar refractivity (Wildman–Crippen MR) is 122 cm³/mol. The Morgan fingerprint density at radius 1 is 0.933 bits per heavy atom. The van der Waals surface area contributed by atoms with Crippen molar-refractivity contribution in [3.05, 3.63) is 76.8 Å². The first-order valence-electron chi connectivity index (χ1n) is 9.85. The van der Waals surface area contributed by atoms with Gasteiger partial charge in [0.25, 0.3) is 0 Å². The van der Waals surface area contributed by atoms with E-state index in [1.165, 1.54) is 5.56 Å². The van der Waals surface area contributed by atoms with Gasteiger partial charge in [0.05, 0.1) is 5.69 Å². The summed E-state index contributed by atoms with van der Waals surface area (Å²) in [4.78, 5) is 17.3. The third kappa shape index (κ3) is 4.66. The highest BCUT2D eigenvalue weighted by Crippen LogP contribution is 2.30. The molecular weight excluding hydrogens is 396 g/mol. The zero-order valence-corrected chi connectivity index (χ0v) is 17.7. The maximum absolute atomic E-state index is 6.29. The molecule has 0 aliphatic heterocycles. The Bertz CT molecular complexity index is 1170. The third-order valence-electron chi connectivity index (χ3n) is 4.74. The molecule has 7 heteroatoms. The largest absolute Gasteiger partial charge is 0.368 e. The Labute approximate surface area is 180 Å². The standard InChI is InChI=1S/C23H23ClN6/c1-14(2)11-15-3-5-16(6-4-15)12-21-28-22(25)30-23(29-21)27-20-8-7-19(24)17-9-10-26-13-18(17)20/h3-10,13-14H,11-12H2,1-2H3,(H3,25,27,28,29,30). The molecule has 0 spiro atoms. The molecule has 4 aromatic rings. The van der Waals surface area contributed by atoms with Gasteiger partial charge in [0.15, 0.2) is 0 Å². The van der Waals surface area contributed by atoms with Gasteiger partial charge in [0.1, 0.15) is 5.82 Å². The molecule has 0 amide bonds. The van der Waals surface area contributed by atoms with Crippen molar-refractivity contribution in [1.29, 1.82) is 0 Å². The van der Waals surface area contributed by atoms with E-state index in [4.69, 9.17) is 17.3 Å². The van der Waals surface area contributed by atoms with E-state index in [2.05, 4.69) is 63.4 Å². The lowest BCUT2D eigenvalue weighted by molar-refractivity contribution is 0.647. The van der Waals surface area contributed by atoms with Crippen molar-refractivity contribution >= 4 is 40.0 Å². The van der Waals surface area contributed by atoms with E-state index in [0.717, 1.165) is 28.4 Å². The van der Waals surface area contributed by atoms with Gasteiger partial charge >= 0.3 is 0 Å². The van der Waals surface area contributed by atoms with Gasteiger partial charge in [-0.25, -0.2) is 0 Å². The zero-order valence-electron chi connectivity index (χ0n) is 16.9. The molecule has 2 aromatic heterocycles. The van der Waals surface area contributed by atoms with E-state index in [-0.39, 0.29) is 5.95 Å². The Morgan fingerprint density at radius 2 is 1.70 bits per heavy atom. The van der Waals surface area contributed by atoms with Crippen LogP contribution in [0, 0.1) is 5.92 Å². The van der Waals surface area contributed by atoms with E-state index in [9.17, 15) is 0 Å².